The van der Waals surface area contributed by atoms with Gasteiger partial charge in [-0.25, -0.2) is 4.39 Å². The van der Waals surface area contributed by atoms with Crippen molar-refractivity contribution >= 4 is 29.1 Å². The van der Waals surface area contributed by atoms with Crippen molar-refractivity contribution in [1.82, 2.24) is 5.32 Å². The van der Waals surface area contributed by atoms with Crippen LogP contribution in [-0.4, -0.2) is 30.3 Å². The summed E-state index contributed by atoms with van der Waals surface area (Å²) in [6, 6.07) is 5.48. The Kier molecular flexibility index (Phi) is 4.52. The zero-order chi connectivity index (χ0) is 15.6. The van der Waals surface area contributed by atoms with Crippen molar-refractivity contribution in [2.75, 3.05) is 17.3 Å². The van der Waals surface area contributed by atoms with Gasteiger partial charge in [-0.15, -0.1) is 11.6 Å². The van der Waals surface area contributed by atoms with Crippen LogP contribution < -0.4 is 10.2 Å². The molecule has 1 heterocycles. The van der Waals surface area contributed by atoms with Gasteiger partial charge < -0.3 is 10.2 Å². The lowest BCUT2D eigenvalue weighted by atomic mass is 9.95. The second-order valence-electron chi connectivity index (χ2n) is 5.87. The minimum atomic E-state index is -0.673. The summed E-state index contributed by atoms with van der Waals surface area (Å²) in [6.07, 6.45) is 0.238. The Morgan fingerprint density at radius 2 is 2.05 bits per heavy atom. The van der Waals surface area contributed by atoms with Crippen molar-refractivity contribution < 1.29 is 14.0 Å². The number of hydrogen-bond donors (Lipinski definition) is 1. The van der Waals surface area contributed by atoms with Crippen LogP contribution in [-0.2, 0) is 9.59 Å². The van der Waals surface area contributed by atoms with Crippen molar-refractivity contribution in [3.63, 3.8) is 0 Å². The maximum absolute atomic E-state index is 12.9. The van der Waals surface area contributed by atoms with E-state index in [1.54, 1.807) is 30.9 Å². The molecule has 2 rings (SSSR count). The smallest absolute Gasteiger partial charge is 0.229 e. The third kappa shape index (κ3) is 3.53. The Hall–Kier alpha value is -1.62. The summed E-state index contributed by atoms with van der Waals surface area (Å²) in [7, 11) is 0. The van der Waals surface area contributed by atoms with E-state index in [0.717, 1.165) is 0 Å². The van der Waals surface area contributed by atoms with Crippen LogP contribution in [0, 0.1) is 11.2 Å². The van der Waals surface area contributed by atoms with Gasteiger partial charge in [0.25, 0.3) is 0 Å². The summed E-state index contributed by atoms with van der Waals surface area (Å²) < 4.78 is 12.9. The maximum Gasteiger partial charge on any atom is 0.229 e. The lowest BCUT2D eigenvalue weighted by Gasteiger charge is -2.23. The summed E-state index contributed by atoms with van der Waals surface area (Å²) in [5, 5.41) is 2.85. The number of halogens is 2. The number of alkyl halides is 1. The fourth-order valence-corrected chi connectivity index (χ4v) is 2.24. The van der Waals surface area contributed by atoms with E-state index < -0.39 is 5.41 Å². The monoisotopic (exact) mass is 312 g/mol. The molecule has 0 bridgehead atoms. The Bertz CT molecular complexity index is 545. The van der Waals surface area contributed by atoms with Crippen molar-refractivity contribution in [2.45, 2.75) is 26.3 Å². The first kappa shape index (κ1) is 15.8. The maximum atomic E-state index is 12.9. The molecule has 1 aliphatic rings. The summed E-state index contributed by atoms with van der Waals surface area (Å²) in [4.78, 5) is 25.7. The highest BCUT2D eigenvalue weighted by atomic mass is 35.5. The number of nitrogens with one attached hydrogen (secondary N) is 1. The fourth-order valence-electron chi connectivity index (χ4n) is 2.12. The van der Waals surface area contributed by atoms with Crippen LogP contribution in [0.1, 0.15) is 20.3 Å². The number of benzene rings is 1. The van der Waals surface area contributed by atoms with Gasteiger partial charge in [-0.05, 0) is 38.1 Å². The first-order valence-corrected chi connectivity index (χ1v) is 7.30. The van der Waals surface area contributed by atoms with Crippen LogP contribution in [0.2, 0.25) is 0 Å². The topological polar surface area (TPSA) is 49.4 Å². The number of nitrogens with zero attached hydrogens (tertiary/aromatic N) is 1. The largest absolute Gasteiger partial charge is 0.351 e. The predicted molar refractivity (Wildman–Crippen MR) is 79.8 cm³/mol. The Morgan fingerprint density at radius 1 is 1.43 bits per heavy atom. The molecule has 0 radical (unpaired) electrons. The molecular formula is C15H18ClFN2O2. The Morgan fingerprint density at radius 3 is 2.62 bits per heavy atom. The number of anilines is 1. The minimum Gasteiger partial charge on any atom is -0.351 e. The molecule has 1 aliphatic heterocycles. The first-order valence-electron chi connectivity index (χ1n) is 6.76. The number of carbonyl (C=O) groups is 2. The normalized spacial score (nSPS) is 19.0. The molecule has 0 unspecified atom stereocenters. The second-order valence-corrected chi connectivity index (χ2v) is 6.14. The Balaban J connectivity index is 2.03. The molecule has 0 aromatic heterocycles. The van der Waals surface area contributed by atoms with E-state index in [1.165, 1.54) is 12.1 Å². The summed E-state index contributed by atoms with van der Waals surface area (Å²) in [5.41, 5.74) is -0.0387. The van der Waals surface area contributed by atoms with E-state index in [2.05, 4.69) is 5.32 Å². The van der Waals surface area contributed by atoms with Crippen LogP contribution in [0.25, 0.3) is 0 Å². The van der Waals surface area contributed by atoms with E-state index in [4.69, 9.17) is 11.6 Å². The molecule has 4 nitrogen and oxygen atoms in total. The molecule has 1 saturated heterocycles. The molecular weight excluding hydrogens is 295 g/mol. The van der Waals surface area contributed by atoms with Crippen molar-refractivity contribution in [2.24, 2.45) is 5.41 Å². The van der Waals surface area contributed by atoms with Gasteiger partial charge in [0, 0.05) is 24.5 Å². The van der Waals surface area contributed by atoms with Gasteiger partial charge in [0.15, 0.2) is 0 Å². The van der Waals surface area contributed by atoms with Crippen LogP contribution >= 0.6 is 11.6 Å². The molecule has 21 heavy (non-hydrogen) atoms. The van der Waals surface area contributed by atoms with E-state index >= 15 is 0 Å². The average molecular weight is 313 g/mol. The van der Waals surface area contributed by atoms with E-state index in [-0.39, 0.29) is 36.0 Å². The predicted octanol–water partition coefficient (Wildman–Crippen LogP) is 2.31. The molecule has 1 aromatic carbocycles. The van der Waals surface area contributed by atoms with Gasteiger partial charge in [-0.1, -0.05) is 0 Å². The number of amides is 2. The first-order chi connectivity index (χ1) is 9.83. The molecule has 6 heteroatoms. The number of carbonyl (C=O) groups excluding carboxylic acids is 2. The number of hydrogen-bond acceptors (Lipinski definition) is 2. The molecule has 114 valence electrons. The van der Waals surface area contributed by atoms with Crippen LogP contribution in [0.15, 0.2) is 24.3 Å². The fraction of sp³-hybridized carbons (Fsp3) is 0.467. The van der Waals surface area contributed by atoms with Crippen molar-refractivity contribution in [1.29, 1.82) is 0 Å². The molecule has 0 saturated carbocycles. The van der Waals surface area contributed by atoms with Gasteiger partial charge in [0.2, 0.25) is 11.8 Å². The third-order valence-electron chi connectivity index (χ3n) is 3.55. The zero-order valence-electron chi connectivity index (χ0n) is 12.0. The van der Waals surface area contributed by atoms with Gasteiger partial charge in [-0.2, -0.15) is 0 Å². The zero-order valence-corrected chi connectivity index (χ0v) is 12.8. The minimum absolute atomic E-state index is 0.0874. The molecule has 1 aromatic rings. The quantitative estimate of drug-likeness (QED) is 0.867. The lowest BCUT2D eigenvalue weighted by molar-refractivity contribution is -0.128. The average Bonchev–Trinajstić information content (AvgIpc) is 2.80. The third-order valence-corrected chi connectivity index (χ3v) is 4.22. The van der Waals surface area contributed by atoms with Gasteiger partial charge >= 0.3 is 0 Å². The summed E-state index contributed by atoms with van der Waals surface area (Å²) >= 11 is 5.77. The van der Waals surface area contributed by atoms with Crippen LogP contribution in [0.5, 0.6) is 0 Å². The molecule has 0 aliphatic carbocycles. The molecule has 1 fully saturated rings. The van der Waals surface area contributed by atoms with Crippen molar-refractivity contribution in [3.8, 4) is 0 Å². The van der Waals surface area contributed by atoms with E-state index in [0.29, 0.717) is 12.2 Å². The summed E-state index contributed by atoms with van der Waals surface area (Å²) in [5.74, 6) is -0.396. The standard InChI is InChI=1S/C15H18ClFN2O2/c1-15(2,9-16)14(21)18-11-7-13(20)19(8-11)12-5-3-10(17)4-6-12/h3-6,11H,7-9H2,1-2H3,(H,18,21)/t11-/m1/s1. The molecule has 1 N–H and O–H groups in total. The van der Waals surface area contributed by atoms with Gasteiger partial charge in [0.05, 0.1) is 11.5 Å². The second kappa shape index (κ2) is 6.02. The SMILES string of the molecule is CC(C)(CCl)C(=O)N[C@@H]1CC(=O)N(c2ccc(F)cc2)C1. The van der Waals surface area contributed by atoms with Crippen LogP contribution in [0.3, 0.4) is 0 Å². The highest BCUT2D eigenvalue weighted by Gasteiger charge is 2.35. The van der Waals surface area contributed by atoms with Crippen LogP contribution in [0.4, 0.5) is 10.1 Å². The molecule has 2 amide bonds. The Labute approximate surface area is 128 Å². The summed E-state index contributed by atoms with van der Waals surface area (Å²) in [6.45, 7) is 3.89. The molecule has 1 atom stereocenters. The van der Waals surface area contributed by atoms with Gasteiger partial charge in [-0.3, -0.25) is 9.59 Å². The lowest BCUT2D eigenvalue weighted by Crippen LogP contribution is -2.44. The van der Waals surface area contributed by atoms with Crippen molar-refractivity contribution in [3.05, 3.63) is 30.1 Å². The van der Waals surface area contributed by atoms with Gasteiger partial charge in [0.1, 0.15) is 5.82 Å². The molecule has 0 spiro atoms. The van der Waals surface area contributed by atoms with E-state index in [9.17, 15) is 14.0 Å². The number of rotatable bonds is 4. The highest BCUT2D eigenvalue weighted by molar-refractivity contribution is 6.19. The van der Waals surface area contributed by atoms with E-state index in [1.807, 2.05) is 0 Å². The highest BCUT2D eigenvalue weighted by Crippen LogP contribution is 2.23.